The van der Waals surface area contributed by atoms with Gasteiger partial charge in [-0.25, -0.2) is 9.38 Å². The maximum absolute atomic E-state index is 13.3. The molecule has 0 aromatic heterocycles. The molecule has 1 saturated carbocycles. The van der Waals surface area contributed by atoms with Crippen LogP contribution in [0.15, 0.2) is 53.5 Å². The number of aliphatic imine (C=N–C) groups is 1. The third-order valence-electron chi connectivity index (χ3n) is 4.67. The Labute approximate surface area is 211 Å². The molecule has 1 fully saturated rings. The number of benzene rings is 2. The molecule has 0 saturated heterocycles. The summed E-state index contributed by atoms with van der Waals surface area (Å²) in [6.07, 6.45) is 1.92. The van der Waals surface area contributed by atoms with E-state index in [1.165, 1.54) is 12.1 Å². The molecular formula is C24H32FIN4O3. The van der Waals surface area contributed by atoms with Gasteiger partial charge in [-0.05, 0) is 56.5 Å². The average molecular weight is 570 g/mol. The summed E-state index contributed by atoms with van der Waals surface area (Å²) in [5.74, 6) is 1.36. The molecule has 0 heterocycles. The van der Waals surface area contributed by atoms with Crippen LogP contribution >= 0.6 is 24.0 Å². The Kier molecular flexibility index (Phi) is 11.2. The van der Waals surface area contributed by atoms with Crippen LogP contribution in [0, 0.1) is 5.82 Å². The van der Waals surface area contributed by atoms with E-state index >= 15 is 0 Å². The van der Waals surface area contributed by atoms with Gasteiger partial charge in [0.1, 0.15) is 23.4 Å². The molecule has 1 unspecified atom stereocenters. The Balaban J connectivity index is 0.00000385. The second-order valence-corrected chi connectivity index (χ2v) is 7.74. The third kappa shape index (κ3) is 10.3. The van der Waals surface area contributed by atoms with Gasteiger partial charge in [-0.3, -0.25) is 4.79 Å². The van der Waals surface area contributed by atoms with E-state index < -0.39 is 0 Å². The molecule has 1 aliphatic rings. The lowest BCUT2D eigenvalue weighted by molar-refractivity contribution is -0.123. The number of ether oxygens (including phenoxy) is 2. The van der Waals surface area contributed by atoms with Crippen molar-refractivity contribution in [3.05, 3.63) is 59.9 Å². The van der Waals surface area contributed by atoms with Crippen LogP contribution in [-0.2, 0) is 11.3 Å². The molecule has 0 radical (unpaired) electrons. The van der Waals surface area contributed by atoms with Gasteiger partial charge < -0.3 is 25.4 Å². The van der Waals surface area contributed by atoms with Crippen molar-refractivity contribution in [1.29, 1.82) is 0 Å². The zero-order valence-electron chi connectivity index (χ0n) is 19.0. The number of guanidine groups is 1. The zero-order chi connectivity index (χ0) is 22.8. The number of halogens is 2. The van der Waals surface area contributed by atoms with Crippen LogP contribution in [0.2, 0.25) is 0 Å². The molecule has 3 N–H and O–H groups in total. The monoisotopic (exact) mass is 570 g/mol. The van der Waals surface area contributed by atoms with Gasteiger partial charge in [0.05, 0.1) is 13.1 Å². The first-order chi connectivity index (χ1) is 15.5. The first kappa shape index (κ1) is 26.7. The van der Waals surface area contributed by atoms with E-state index in [1.807, 2.05) is 38.1 Å². The number of hydrogen-bond acceptors (Lipinski definition) is 4. The second kappa shape index (κ2) is 13.9. The molecule has 7 nitrogen and oxygen atoms in total. The van der Waals surface area contributed by atoms with Crippen molar-refractivity contribution in [1.82, 2.24) is 16.0 Å². The molecular weight excluding hydrogens is 538 g/mol. The van der Waals surface area contributed by atoms with Gasteiger partial charge in [-0.1, -0.05) is 18.2 Å². The van der Waals surface area contributed by atoms with E-state index in [4.69, 9.17) is 9.47 Å². The molecule has 3 rings (SSSR count). The lowest BCUT2D eigenvalue weighted by Crippen LogP contribution is -2.41. The molecule has 2 aromatic rings. The molecule has 0 aliphatic heterocycles. The first-order valence-corrected chi connectivity index (χ1v) is 11.0. The standard InChI is InChI=1S/C24H31FN4O3.HI/c1-3-26-24(27-14-17(2)32-22-9-5-7-19(25)13-22)28-15-18-6-4-8-21(12-18)31-16-23(30)29-20-10-11-20;/h4-9,12-13,17,20H,3,10-11,14-16H2,1-2H3,(H,29,30)(H2,26,27,28);1H. The van der Waals surface area contributed by atoms with E-state index in [-0.39, 0.29) is 48.4 Å². The summed E-state index contributed by atoms with van der Waals surface area (Å²) in [6.45, 7) is 5.56. The Morgan fingerprint density at radius 3 is 2.64 bits per heavy atom. The second-order valence-electron chi connectivity index (χ2n) is 7.74. The fraction of sp³-hybridized carbons (Fsp3) is 0.417. The normalized spacial score (nSPS) is 14.0. The minimum absolute atomic E-state index is 0. The maximum Gasteiger partial charge on any atom is 0.258 e. The van der Waals surface area contributed by atoms with E-state index in [9.17, 15) is 9.18 Å². The number of carbonyl (C=O) groups is 1. The van der Waals surface area contributed by atoms with Crippen LogP contribution in [0.3, 0.4) is 0 Å². The van der Waals surface area contributed by atoms with E-state index in [2.05, 4.69) is 20.9 Å². The fourth-order valence-corrected chi connectivity index (χ4v) is 2.95. The van der Waals surface area contributed by atoms with Crippen LogP contribution in [-0.4, -0.2) is 43.7 Å². The van der Waals surface area contributed by atoms with E-state index in [0.717, 1.165) is 18.4 Å². The average Bonchev–Trinajstić information content (AvgIpc) is 3.58. The van der Waals surface area contributed by atoms with Crippen LogP contribution < -0.4 is 25.4 Å². The zero-order valence-corrected chi connectivity index (χ0v) is 21.3. The van der Waals surface area contributed by atoms with Crippen molar-refractivity contribution in [2.75, 3.05) is 19.7 Å². The lowest BCUT2D eigenvalue weighted by atomic mass is 10.2. The van der Waals surface area contributed by atoms with Gasteiger partial charge in [0.15, 0.2) is 12.6 Å². The quantitative estimate of drug-likeness (QED) is 0.219. The maximum atomic E-state index is 13.3. The molecule has 1 atom stereocenters. The van der Waals surface area contributed by atoms with Gasteiger partial charge in [-0.15, -0.1) is 24.0 Å². The highest BCUT2D eigenvalue weighted by Gasteiger charge is 2.23. The van der Waals surface area contributed by atoms with Crippen LogP contribution in [0.5, 0.6) is 11.5 Å². The van der Waals surface area contributed by atoms with Gasteiger partial charge in [0, 0.05) is 18.7 Å². The van der Waals surface area contributed by atoms with E-state index in [0.29, 0.717) is 43.1 Å². The Morgan fingerprint density at radius 1 is 1.15 bits per heavy atom. The van der Waals surface area contributed by atoms with E-state index in [1.54, 1.807) is 12.1 Å². The van der Waals surface area contributed by atoms with Gasteiger partial charge in [0.25, 0.3) is 5.91 Å². The topological polar surface area (TPSA) is 84.0 Å². The van der Waals surface area contributed by atoms with Crippen molar-refractivity contribution in [2.24, 2.45) is 4.99 Å². The number of nitrogens with zero attached hydrogens (tertiary/aromatic N) is 1. The van der Waals surface area contributed by atoms with Crippen molar-refractivity contribution >= 4 is 35.8 Å². The summed E-state index contributed by atoms with van der Waals surface area (Å²) in [6, 6.07) is 14.0. The Bertz CT molecular complexity index is 924. The highest BCUT2D eigenvalue weighted by atomic mass is 127. The lowest BCUT2D eigenvalue weighted by Gasteiger charge is -2.17. The summed E-state index contributed by atoms with van der Waals surface area (Å²) < 4.78 is 24.7. The van der Waals surface area contributed by atoms with Crippen LogP contribution in [0.1, 0.15) is 32.3 Å². The van der Waals surface area contributed by atoms with Crippen molar-refractivity contribution < 1.29 is 18.7 Å². The largest absolute Gasteiger partial charge is 0.489 e. The van der Waals surface area contributed by atoms with Gasteiger partial charge >= 0.3 is 0 Å². The molecule has 2 aromatic carbocycles. The number of carbonyl (C=O) groups excluding carboxylic acids is 1. The van der Waals surface area contributed by atoms with Crippen molar-refractivity contribution in [3.63, 3.8) is 0 Å². The predicted octanol–water partition coefficient (Wildman–Crippen LogP) is 3.62. The summed E-state index contributed by atoms with van der Waals surface area (Å²) in [5, 5.41) is 9.34. The number of nitrogens with one attached hydrogen (secondary N) is 3. The van der Waals surface area contributed by atoms with Crippen LogP contribution in [0.25, 0.3) is 0 Å². The van der Waals surface area contributed by atoms with Crippen molar-refractivity contribution in [3.8, 4) is 11.5 Å². The summed E-state index contributed by atoms with van der Waals surface area (Å²) in [4.78, 5) is 16.4. The predicted molar refractivity (Wildman–Crippen MR) is 138 cm³/mol. The SMILES string of the molecule is CCNC(=NCc1cccc(OCC(=O)NC2CC2)c1)NCC(C)Oc1cccc(F)c1.I. The van der Waals surface area contributed by atoms with Gasteiger partial charge in [-0.2, -0.15) is 0 Å². The molecule has 9 heteroatoms. The molecule has 0 bridgehead atoms. The minimum Gasteiger partial charge on any atom is -0.489 e. The molecule has 0 spiro atoms. The Hall–Kier alpha value is -2.56. The molecule has 33 heavy (non-hydrogen) atoms. The van der Waals surface area contributed by atoms with Crippen LogP contribution in [0.4, 0.5) is 4.39 Å². The third-order valence-corrected chi connectivity index (χ3v) is 4.67. The Morgan fingerprint density at radius 2 is 1.91 bits per heavy atom. The summed E-state index contributed by atoms with van der Waals surface area (Å²) in [5.41, 5.74) is 0.964. The van der Waals surface area contributed by atoms with Gasteiger partial charge in [0.2, 0.25) is 0 Å². The highest BCUT2D eigenvalue weighted by Crippen LogP contribution is 2.19. The first-order valence-electron chi connectivity index (χ1n) is 11.0. The number of hydrogen-bond donors (Lipinski definition) is 3. The molecule has 1 amide bonds. The highest BCUT2D eigenvalue weighted by molar-refractivity contribution is 14.0. The number of amides is 1. The van der Waals surface area contributed by atoms with Crippen molar-refractivity contribution in [2.45, 2.75) is 45.4 Å². The smallest absolute Gasteiger partial charge is 0.258 e. The summed E-state index contributed by atoms with van der Waals surface area (Å²) in [7, 11) is 0. The number of rotatable bonds is 11. The molecule has 180 valence electrons. The summed E-state index contributed by atoms with van der Waals surface area (Å²) >= 11 is 0. The molecule has 1 aliphatic carbocycles. The fourth-order valence-electron chi connectivity index (χ4n) is 2.95. The minimum atomic E-state index is -0.327.